The molecule has 20 heavy (non-hydrogen) atoms. The van der Waals surface area contributed by atoms with E-state index in [1.54, 1.807) is 0 Å². The number of amides is 1. The standard InChI is InChI=1S/C17H26N2O/c1-13(2)16(14-8-5-4-6-9-14)19(3)17(20)15-10-7-11-18-12-15/h4-6,8-9,13,15-16,18H,7,10-12H2,1-3H3. The fourth-order valence-corrected chi connectivity index (χ4v) is 3.19. The molecule has 0 saturated carbocycles. The van der Waals surface area contributed by atoms with Crippen molar-refractivity contribution in [1.82, 2.24) is 10.2 Å². The first kappa shape index (κ1) is 15.0. The monoisotopic (exact) mass is 274 g/mol. The SMILES string of the molecule is CC(C)C(c1ccccc1)N(C)C(=O)C1CCCNC1. The summed E-state index contributed by atoms with van der Waals surface area (Å²) in [6, 6.07) is 10.5. The predicted octanol–water partition coefficient (Wildman–Crippen LogP) is 2.84. The smallest absolute Gasteiger partial charge is 0.227 e. The van der Waals surface area contributed by atoms with E-state index in [0.29, 0.717) is 5.92 Å². The van der Waals surface area contributed by atoms with Crippen molar-refractivity contribution in [1.29, 1.82) is 0 Å². The van der Waals surface area contributed by atoms with Gasteiger partial charge in [-0.3, -0.25) is 4.79 Å². The molecule has 3 heteroatoms. The maximum Gasteiger partial charge on any atom is 0.227 e. The third-order valence-electron chi connectivity index (χ3n) is 4.18. The molecule has 1 saturated heterocycles. The predicted molar refractivity (Wildman–Crippen MR) is 82.4 cm³/mol. The molecule has 0 spiro atoms. The van der Waals surface area contributed by atoms with Crippen molar-refractivity contribution in [2.24, 2.45) is 11.8 Å². The van der Waals surface area contributed by atoms with Crippen molar-refractivity contribution in [2.75, 3.05) is 20.1 Å². The second-order valence-corrected chi connectivity index (χ2v) is 6.09. The molecule has 3 nitrogen and oxygen atoms in total. The number of hydrogen-bond donors (Lipinski definition) is 1. The number of carbonyl (C=O) groups is 1. The summed E-state index contributed by atoms with van der Waals surface area (Å²) < 4.78 is 0. The topological polar surface area (TPSA) is 32.3 Å². The Morgan fingerprint density at radius 2 is 2.00 bits per heavy atom. The summed E-state index contributed by atoms with van der Waals surface area (Å²) in [4.78, 5) is 14.7. The number of piperidine rings is 1. The molecule has 1 aromatic carbocycles. The molecule has 0 bridgehead atoms. The van der Waals surface area contributed by atoms with Crippen molar-refractivity contribution in [2.45, 2.75) is 32.7 Å². The van der Waals surface area contributed by atoms with Crippen LogP contribution in [0.15, 0.2) is 30.3 Å². The van der Waals surface area contributed by atoms with Gasteiger partial charge in [0, 0.05) is 13.6 Å². The molecule has 0 aromatic heterocycles. The van der Waals surface area contributed by atoms with E-state index in [9.17, 15) is 4.79 Å². The van der Waals surface area contributed by atoms with Gasteiger partial charge < -0.3 is 10.2 Å². The maximum atomic E-state index is 12.7. The van der Waals surface area contributed by atoms with Gasteiger partial charge in [0.1, 0.15) is 0 Å². The van der Waals surface area contributed by atoms with Gasteiger partial charge in [0.05, 0.1) is 12.0 Å². The molecule has 1 aromatic rings. The number of nitrogens with zero attached hydrogens (tertiary/aromatic N) is 1. The first-order valence-electron chi connectivity index (χ1n) is 7.63. The van der Waals surface area contributed by atoms with Crippen molar-refractivity contribution in [3.63, 3.8) is 0 Å². The lowest BCUT2D eigenvalue weighted by molar-refractivity contribution is -0.138. The molecule has 0 aliphatic carbocycles. The molecule has 1 heterocycles. The van der Waals surface area contributed by atoms with Crippen LogP contribution in [0.25, 0.3) is 0 Å². The number of carbonyl (C=O) groups excluding carboxylic acids is 1. The molecular formula is C17H26N2O. The molecule has 2 atom stereocenters. The van der Waals surface area contributed by atoms with Crippen LogP contribution in [-0.4, -0.2) is 30.9 Å². The van der Waals surface area contributed by atoms with Gasteiger partial charge in [-0.1, -0.05) is 44.2 Å². The first-order valence-corrected chi connectivity index (χ1v) is 7.63. The van der Waals surface area contributed by atoms with Gasteiger partial charge in [0.15, 0.2) is 0 Å². The number of hydrogen-bond acceptors (Lipinski definition) is 2. The van der Waals surface area contributed by atoms with Crippen molar-refractivity contribution in [3.8, 4) is 0 Å². The summed E-state index contributed by atoms with van der Waals surface area (Å²) in [7, 11) is 1.95. The van der Waals surface area contributed by atoms with Crippen LogP contribution in [0.5, 0.6) is 0 Å². The van der Waals surface area contributed by atoms with E-state index in [1.165, 1.54) is 5.56 Å². The van der Waals surface area contributed by atoms with Crippen molar-refractivity contribution < 1.29 is 4.79 Å². The van der Waals surface area contributed by atoms with Gasteiger partial charge in [0.25, 0.3) is 0 Å². The summed E-state index contributed by atoms with van der Waals surface area (Å²) in [5, 5.41) is 3.33. The minimum absolute atomic E-state index is 0.138. The van der Waals surface area contributed by atoms with Gasteiger partial charge in [-0.25, -0.2) is 0 Å². The zero-order chi connectivity index (χ0) is 14.5. The van der Waals surface area contributed by atoms with E-state index >= 15 is 0 Å². The first-order chi connectivity index (χ1) is 9.61. The molecule has 1 fully saturated rings. The molecule has 2 unspecified atom stereocenters. The molecule has 2 rings (SSSR count). The summed E-state index contributed by atoms with van der Waals surface area (Å²) >= 11 is 0. The van der Waals surface area contributed by atoms with Gasteiger partial charge in [-0.05, 0) is 30.9 Å². The Kier molecular flexibility index (Phi) is 5.18. The Morgan fingerprint density at radius 1 is 1.30 bits per heavy atom. The molecular weight excluding hydrogens is 248 g/mol. The minimum Gasteiger partial charge on any atom is -0.338 e. The molecule has 1 aliphatic heterocycles. The maximum absolute atomic E-state index is 12.7. The quantitative estimate of drug-likeness (QED) is 0.915. The lowest BCUT2D eigenvalue weighted by Crippen LogP contribution is -2.43. The van der Waals surface area contributed by atoms with E-state index < -0.39 is 0 Å². The van der Waals surface area contributed by atoms with Crippen LogP contribution in [0.1, 0.15) is 38.3 Å². The normalized spacial score (nSPS) is 20.7. The summed E-state index contributed by atoms with van der Waals surface area (Å²) in [6.45, 7) is 6.23. The van der Waals surface area contributed by atoms with Crippen molar-refractivity contribution in [3.05, 3.63) is 35.9 Å². The Labute approximate surface area is 122 Å². The van der Waals surface area contributed by atoms with Crippen LogP contribution >= 0.6 is 0 Å². The molecule has 1 N–H and O–H groups in total. The largest absolute Gasteiger partial charge is 0.338 e. The number of rotatable bonds is 4. The third-order valence-corrected chi connectivity index (χ3v) is 4.18. The highest BCUT2D eigenvalue weighted by Gasteiger charge is 2.30. The minimum atomic E-state index is 0.138. The van der Waals surface area contributed by atoms with E-state index in [0.717, 1.165) is 25.9 Å². The lowest BCUT2D eigenvalue weighted by Gasteiger charge is -2.35. The molecule has 1 aliphatic rings. The summed E-state index contributed by atoms with van der Waals surface area (Å²) in [5.74, 6) is 0.821. The summed E-state index contributed by atoms with van der Waals surface area (Å²) in [5.41, 5.74) is 1.22. The second kappa shape index (κ2) is 6.89. The highest BCUT2D eigenvalue weighted by molar-refractivity contribution is 5.79. The van der Waals surface area contributed by atoms with E-state index in [-0.39, 0.29) is 17.9 Å². The van der Waals surface area contributed by atoms with Crippen LogP contribution in [-0.2, 0) is 4.79 Å². The Morgan fingerprint density at radius 3 is 2.55 bits per heavy atom. The fourth-order valence-electron chi connectivity index (χ4n) is 3.19. The van der Waals surface area contributed by atoms with Gasteiger partial charge in [-0.2, -0.15) is 0 Å². The van der Waals surface area contributed by atoms with Crippen LogP contribution in [0.4, 0.5) is 0 Å². The fraction of sp³-hybridized carbons (Fsp3) is 0.588. The summed E-state index contributed by atoms with van der Waals surface area (Å²) in [6.07, 6.45) is 2.11. The Bertz CT molecular complexity index is 424. The molecule has 1 amide bonds. The van der Waals surface area contributed by atoms with Gasteiger partial charge in [-0.15, -0.1) is 0 Å². The Balaban J connectivity index is 2.14. The lowest BCUT2D eigenvalue weighted by atomic mass is 9.92. The Hall–Kier alpha value is -1.35. The van der Waals surface area contributed by atoms with E-state index in [1.807, 2.05) is 30.1 Å². The highest BCUT2D eigenvalue weighted by Crippen LogP contribution is 2.29. The highest BCUT2D eigenvalue weighted by atomic mass is 16.2. The van der Waals surface area contributed by atoms with Crippen LogP contribution in [0.3, 0.4) is 0 Å². The molecule has 110 valence electrons. The van der Waals surface area contributed by atoms with Crippen LogP contribution in [0, 0.1) is 11.8 Å². The van der Waals surface area contributed by atoms with E-state index in [4.69, 9.17) is 0 Å². The zero-order valence-corrected chi connectivity index (χ0v) is 12.8. The number of nitrogens with one attached hydrogen (secondary N) is 1. The second-order valence-electron chi connectivity index (χ2n) is 6.09. The van der Waals surface area contributed by atoms with E-state index in [2.05, 4.69) is 31.3 Å². The average molecular weight is 274 g/mol. The van der Waals surface area contributed by atoms with Crippen molar-refractivity contribution >= 4 is 5.91 Å². The van der Waals surface area contributed by atoms with Crippen LogP contribution < -0.4 is 5.32 Å². The average Bonchev–Trinajstić information content (AvgIpc) is 2.48. The number of benzene rings is 1. The third kappa shape index (κ3) is 3.40. The molecule has 0 radical (unpaired) electrons. The van der Waals surface area contributed by atoms with Gasteiger partial charge in [0.2, 0.25) is 5.91 Å². The van der Waals surface area contributed by atoms with Gasteiger partial charge >= 0.3 is 0 Å². The zero-order valence-electron chi connectivity index (χ0n) is 12.8. The van der Waals surface area contributed by atoms with Crippen LogP contribution in [0.2, 0.25) is 0 Å².